The Hall–Kier alpha value is -0.744. The minimum absolute atomic E-state index is 0. The van der Waals surface area contributed by atoms with Gasteiger partial charge in [0.15, 0.2) is 11.5 Å². The van der Waals surface area contributed by atoms with Gasteiger partial charge in [-0.05, 0) is 0 Å². The predicted molar refractivity (Wildman–Crippen MR) is 48.8 cm³/mol. The maximum atomic E-state index is 10.2. The number of hydrogen-bond donors (Lipinski definition) is 2. The molecule has 0 saturated heterocycles. The molecule has 0 aliphatic carbocycles. The molecule has 75 valence electrons. The summed E-state index contributed by atoms with van der Waals surface area (Å²) in [6, 6.07) is 1.04. The SMILES string of the molecule is O=[N+]([O-])c1cc([N+](=O)[O-])c(O)cc1O.[K]. The van der Waals surface area contributed by atoms with Crippen molar-refractivity contribution in [1.29, 1.82) is 0 Å². The van der Waals surface area contributed by atoms with Gasteiger partial charge >= 0.3 is 11.4 Å². The molecule has 0 amide bonds. The minimum Gasteiger partial charge on any atom is -0.502 e. The number of nitrogens with zero attached hydrogens (tertiary/aromatic N) is 2. The summed E-state index contributed by atoms with van der Waals surface area (Å²) in [4.78, 5) is 18.5. The standard InChI is InChI=1S/C6H4N2O6.K/c9-5-2-6(10)4(8(13)14)1-3(5)7(11)12;/h1-2,9-10H;. The van der Waals surface area contributed by atoms with E-state index in [1.807, 2.05) is 0 Å². The first-order valence-corrected chi connectivity index (χ1v) is 3.28. The van der Waals surface area contributed by atoms with Crippen LogP contribution in [-0.2, 0) is 0 Å². The number of nitro groups is 2. The molecule has 1 aromatic rings. The van der Waals surface area contributed by atoms with Crippen LogP contribution in [0.25, 0.3) is 0 Å². The van der Waals surface area contributed by atoms with E-state index < -0.39 is 32.7 Å². The van der Waals surface area contributed by atoms with Gasteiger partial charge in [-0.25, -0.2) is 0 Å². The number of aromatic hydroxyl groups is 2. The quantitative estimate of drug-likeness (QED) is 0.440. The van der Waals surface area contributed by atoms with Gasteiger partial charge in [0.2, 0.25) is 0 Å². The molecule has 2 N–H and O–H groups in total. The summed E-state index contributed by atoms with van der Waals surface area (Å²) in [6.07, 6.45) is 0. The topological polar surface area (TPSA) is 127 Å². The Morgan fingerprint density at radius 2 is 1.27 bits per heavy atom. The Labute approximate surface area is 125 Å². The molecule has 8 nitrogen and oxygen atoms in total. The number of nitro benzene ring substituents is 2. The zero-order chi connectivity index (χ0) is 10.9. The molecule has 1 aromatic carbocycles. The van der Waals surface area contributed by atoms with Crippen LogP contribution >= 0.6 is 0 Å². The van der Waals surface area contributed by atoms with Crippen LogP contribution in [0, 0.1) is 20.2 Å². The Kier molecular flexibility index (Phi) is 5.10. The fourth-order valence-corrected chi connectivity index (χ4v) is 0.847. The molecule has 1 rings (SSSR count). The molecule has 0 spiro atoms. The number of benzene rings is 1. The summed E-state index contributed by atoms with van der Waals surface area (Å²) in [5.74, 6) is -1.64. The Balaban J connectivity index is 0.00000196. The summed E-state index contributed by atoms with van der Waals surface area (Å²) in [5.41, 5.74) is -1.65. The fraction of sp³-hybridized carbons (Fsp3) is 0. The van der Waals surface area contributed by atoms with Gasteiger partial charge in [-0.15, -0.1) is 0 Å². The van der Waals surface area contributed by atoms with E-state index in [9.17, 15) is 20.2 Å². The van der Waals surface area contributed by atoms with E-state index in [1.54, 1.807) is 0 Å². The van der Waals surface area contributed by atoms with Gasteiger partial charge in [0.1, 0.15) is 6.07 Å². The Bertz CT molecular complexity index is 385. The van der Waals surface area contributed by atoms with Crippen LogP contribution in [-0.4, -0.2) is 71.4 Å². The normalized spacial score (nSPS) is 9.07. The zero-order valence-electron chi connectivity index (χ0n) is 7.58. The van der Waals surface area contributed by atoms with Crippen LogP contribution in [0.2, 0.25) is 0 Å². The second kappa shape index (κ2) is 5.37. The molecule has 15 heavy (non-hydrogen) atoms. The van der Waals surface area contributed by atoms with Crippen LogP contribution in [0.3, 0.4) is 0 Å². The van der Waals surface area contributed by atoms with Crippen LogP contribution in [0.1, 0.15) is 0 Å². The van der Waals surface area contributed by atoms with Crippen molar-refractivity contribution < 1.29 is 20.1 Å². The van der Waals surface area contributed by atoms with Crippen molar-refractivity contribution >= 4 is 62.8 Å². The second-order valence-electron chi connectivity index (χ2n) is 2.34. The number of hydrogen-bond acceptors (Lipinski definition) is 6. The molecule has 0 atom stereocenters. The maximum absolute atomic E-state index is 10.2. The first-order chi connectivity index (χ1) is 6.43. The van der Waals surface area contributed by atoms with Gasteiger partial charge in [-0.2, -0.15) is 0 Å². The van der Waals surface area contributed by atoms with Crippen molar-refractivity contribution in [3.8, 4) is 11.5 Å². The molecule has 0 unspecified atom stereocenters. The smallest absolute Gasteiger partial charge is 0.317 e. The van der Waals surface area contributed by atoms with E-state index in [-0.39, 0.29) is 51.4 Å². The van der Waals surface area contributed by atoms with Crippen molar-refractivity contribution in [1.82, 2.24) is 0 Å². The van der Waals surface area contributed by atoms with Gasteiger partial charge < -0.3 is 10.2 Å². The van der Waals surface area contributed by atoms with Crippen LogP contribution < -0.4 is 0 Å². The molecule has 0 heterocycles. The molecule has 0 aromatic heterocycles. The molecular formula is C6H4KN2O6. The van der Waals surface area contributed by atoms with E-state index in [1.165, 1.54) is 0 Å². The first kappa shape index (κ1) is 14.3. The average molecular weight is 239 g/mol. The third kappa shape index (κ3) is 3.11. The molecule has 0 aliphatic rings. The van der Waals surface area contributed by atoms with E-state index in [0.29, 0.717) is 12.1 Å². The monoisotopic (exact) mass is 239 g/mol. The van der Waals surface area contributed by atoms with Gasteiger partial charge in [-0.3, -0.25) is 20.2 Å². The summed E-state index contributed by atoms with van der Waals surface area (Å²) in [5, 5.41) is 38.4. The molecule has 0 aliphatic heterocycles. The summed E-state index contributed by atoms with van der Waals surface area (Å²) in [6.45, 7) is 0. The van der Waals surface area contributed by atoms with E-state index >= 15 is 0 Å². The predicted octanol–water partition coefficient (Wildman–Crippen LogP) is 0.533. The van der Waals surface area contributed by atoms with Crippen molar-refractivity contribution in [2.24, 2.45) is 0 Å². The molecule has 0 bridgehead atoms. The van der Waals surface area contributed by atoms with Gasteiger partial charge in [0, 0.05) is 57.5 Å². The number of rotatable bonds is 2. The van der Waals surface area contributed by atoms with Crippen LogP contribution in [0.15, 0.2) is 12.1 Å². The molecule has 0 fully saturated rings. The molecule has 9 heteroatoms. The Morgan fingerprint density at radius 3 is 1.53 bits per heavy atom. The van der Waals surface area contributed by atoms with Gasteiger partial charge in [-0.1, -0.05) is 0 Å². The summed E-state index contributed by atoms with van der Waals surface area (Å²) in [7, 11) is 0. The van der Waals surface area contributed by atoms with E-state index in [4.69, 9.17) is 10.2 Å². The van der Waals surface area contributed by atoms with E-state index in [0.717, 1.165) is 0 Å². The molecule has 1 radical (unpaired) electrons. The van der Waals surface area contributed by atoms with E-state index in [2.05, 4.69) is 0 Å². The molecule has 0 saturated carbocycles. The molecular weight excluding hydrogens is 235 g/mol. The zero-order valence-corrected chi connectivity index (χ0v) is 10.7. The van der Waals surface area contributed by atoms with Crippen LogP contribution in [0.4, 0.5) is 11.4 Å². The third-order valence-electron chi connectivity index (χ3n) is 1.47. The largest absolute Gasteiger partial charge is 0.502 e. The number of phenols is 2. The van der Waals surface area contributed by atoms with Gasteiger partial charge in [0.05, 0.1) is 9.85 Å². The Morgan fingerprint density at radius 1 is 0.933 bits per heavy atom. The van der Waals surface area contributed by atoms with Crippen molar-refractivity contribution in [2.45, 2.75) is 0 Å². The summed E-state index contributed by atoms with van der Waals surface area (Å²) >= 11 is 0. The van der Waals surface area contributed by atoms with Crippen molar-refractivity contribution in [2.75, 3.05) is 0 Å². The second-order valence-corrected chi connectivity index (χ2v) is 2.34. The fourth-order valence-electron chi connectivity index (χ4n) is 0.847. The third-order valence-corrected chi connectivity index (χ3v) is 1.47. The van der Waals surface area contributed by atoms with Crippen LogP contribution in [0.5, 0.6) is 11.5 Å². The minimum atomic E-state index is -0.984. The average Bonchev–Trinajstić information content (AvgIpc) is 2.02. The van der Waals surface area contributed by atoms with Crippen molar-refractivity contribution in [3.05, 3.63) is 32.4 Å². The first-order valence-electron chi connectivity index (χ1n) is 3.28. The number of phenolic OH excluding ortho intramolecular Hbond substituents is 2. The van der Waals surface area contributed by atoms with Gasteiger partial charge in [0.25, 0.3) is 0 Å². The summed E-state index contributed by atoms with van der Waals surface area (Å²) < 4.78 is 0. The van der Waals surface area contributed by atoms with Crippen molar-refractivity contribution in [3.63, 3.8) is 0 Å². The maximum Gasteiger partial charge on any atom is 0.317 e.